The van der Waals surface area contributed by atoms with Crippen molar-refractivity contribution in [3.05, 3.63) is 46.0 Å². The number of pyridine rings is 1. The average Bonchev–Trinajstić information content (AvgIpc) is 2.22. The van der Waals surface area contributed by atoms with Crippen LogP contribution in [0.25, 0.3) is 10.9 Å². The molecule has 0 atom stereocenters. The Morgan fingerprint density at radius 3 is 2.69 bits per heavy atom. The van der Waals surface area contributed by atoms with Crippen molar-refractivity contribution in [2.24, 2.45) is 7.05 Å². The number of halogens is 1. The van der Waals surface area contributed by atoms with Gasteiger partial charge in [0.05, 0.1) is 5.52 Å². The van der Waals surface area contributed by atoms with Crippen LogP contribution in [0.3, 0.4) is 0 Å². The molecule has 0 aliphatic heterocycles. The first-order valence-corrected chi connectivity index (χ1v) is 4.53. The van der Waals surface area contributed by atoms with Gasteiger partial charge in [-0.1, -0.05) is 0 Å². The SMILES string of the molecule is Cn1c(C(=O)O)cc(=O)c2cc(F)ccc21. The Bertz CT molecular complexity index is 645. The average molecular weight is 221 g/mol. The van der Waals surface area contributed by atoms with Gasteiger partial charge in [0, 0.05) is 18.5 Å². The van der Waals surface area contributed by atoms with Crippen LogP contribution >= 0.6 is 0 Å². The molecule has 2 aromatic rings. The molecule has 0 fully saturated rings. The second-order valence-corrected chi connectivity index (χ2v) is 3.42. The Morgan fingerprint density at radius 2 is 2.06 bits per heavy atom. The molecule has 0 unspecified atom stereocenters. The number of rotatable bonds is 1. The molecule has 1 aromatic heterocycles. The highest BCUT2D eigenvalue weighted by Gasteiger charge is 2.12. The molecular weight excluding hydrogens is 213 g/mol. The highest BCUT2D eigenvalue weighted by atomic mass is 19.1. The van der Waals surface area contributed by atoms with E-state index in [1.807, 2.05) is 0 Å². The second-order valence-electron chi connectivity index (χ2n) is 3.42. The van der Waals surface area contributed by atoms with Crippen molar-refractivity contribution < 1.29 is 14.3 Å². The summed E-state index contributed by atoms with van der Waals surface area (Å²) in [4.78, 5) is 22.4. The van der Waals surface area contributed by atoms with Crippen LogP contribution < -0.4 is 5.43 Å². The van der Waals surface area contributed by atoms with E-state index in [1.165, 1.54) is 23.7 Å². The monoisotopic (exact) mass is 221 g/mol. The van der Waals surface area contributed by atoms with Crippen LogP contribution in [0.5, 0.6) is 0 Å². The summed E-state index contributed by atoms with van der Waals surface area (Å²) in [5, 5.41) is 9.04. The first kappa shape index (κ1) is 10.4. The van der Waals surface area contributed by atoms with Gasteiger partial charge in [-0.05, 0) is 18.2 Å². The number of carboxylic acids is 1. The lowest BCUT2D eigenvalue weighted by atomic mass is 10.1. The molecule has 0 bridgehead atoms. The molecule has 0 amide bonds. The van der Waals surface area contributed by atoms with Gasteiger partial charge in [0.15, 0.2) is 5.43 Å². The third-order valence-corrected chi connectivity index (χ3v) is 2.43. The molecule has 0 aliphatic carbocycles. The van der Waals surface area contributed by atoms with E-state index < -0.39 is 17.2 Å². The molecule has 82 valence electrons. The number of fused-ring (bicyclic) bond motifs is 1. The maximum Gasteiger partial charge on any atom is 0.352 e. The molecule has 1 N–H and O–H groups in total. The molecule has 1 heterocycles. The summed E-state index contributed by atoms with van der Waals surface area (Å²) in [5.41, 5.74) is -0.222. The van der Waals surface area contributed by atoms with Crippen molar-refractivity contribution in [2.75, 3.05) is 0 Å². The summed E-state index contributed by atoms with van der Waals surface area (Å²) in [6.45, 7) is 0. The Morgan fingerprint density at radius 1 is 1.38 bits per heavy atom. The van der Waals surface area contributed by atoms with Crippen molar-refractivity contribution in [2.45, 2.75) is 0 Å². The van der Waals surface area contributed by atoms with Crippen LogP contribution in [0, 0.1) is 5.82 Å². The van der Waals surface area contributed by atoms with Gasteiger partial charge in [-0.3, -0.25) is 4.79 Å². The number of benzene rings is 1. The van der Waals surface area contributed by atoms with Gasteiger partial charge in [-0.2, -0.15) is 0 Å². The predicted molar refractivity (Wildman–Crippen MR) is 56.1 cm³/mol. The molecule has 2 rings (SSSR count). The topological polar surface area (TPSA) is 59.3 Å². The smallest absolute Gasteiger partial charge is 0.352 e. The number of carboxylic acid groups (broad SMARTS) is 1. The van der Waals surface area contributed by atoms with E-state index in [9.17, 15) is 14.0 Å². The maximum atomic E-state index is 12.9. The van der Waals surface area contributed by atoms with Crippen molar-refractivity contribution >= 4 is 16.9 Å². The fraction of sp³-hybridized carbons (Fsp3) is 0.0909. The van der Waals surface area contributed by atoms with Crippen molar-refractivity contribution in [1.29, 1.82) is 0 Å². The molecule has 1 aromatic carbocycles. The summed E-state index contributed by atoms with van der Waals surface area (Å²) in [5.74, 6) is -1.71. The fourth-order valence-corrected chi connectivity index (χ4v) is 1.63. The second kappa shape index (κ2) is 3.44. The van der Waals surface area contributed by atoms with Crippen LogP contribution in [-0.4, -0.2) is 15.6 Å². The molecule has 0 saturated heterocycles. The van der Waals surface area contributed by atoms with Crippen LogP contribution in [-0.2, 0) is 7.05 Å². The first-order valence-electron chi connectivity index (χ1n) is 4.53. The highest BCUT2D eigenvalue weighted by Crippen LogP contribution is 2.13. The van der Waals surface area contributed by atoms with Gasteiger partial charge >= 0.3 is 5.97 Å². The van der Waals surface area contributed by atoms with Crippen LogP contribution in [0.15, 0.2) is 29.1 Å². The Kier molecular flexibility index (Phi) is 2.23. The Hall–Kier alpha value is -2.17. The first-order chi connectivity index (χ1) is 7.50. The zero-order chi connectivity index (χ0) is 11.9. The summed E-state index contributed by atoms with van der Waals surface area (Å²) in [7, 11) is 1.52. The minimum Gasteiger partial charge on any atom is -0.477 e. The number of aryl methyl sites for hydroxylation is 1. The lowest BCUT2D eigenvalue weighted by Crippen LogP contribution is -2.15. The summed E-state index contributed by atoms with van der Waals surface area (Å²) >= 11 is 0. The van der Waals surface area contributed by atoms with Gasteiger partial charge in [-0.15, -0.1) is 0 Å². The highest BCUT2D eigenvalue weighted by molar-refractivity contribution is 5.90. The van der Waals surface area contributed by atoms with Crippen LogP contribution in [0.1, 0.15) is 10.5 Å². The summed E-state index contributed by atoms with van der Waals surface area (Å²) in [6, 6.07) is 4.67. The van der Waals surface area contributed by atoms with Crippen molar-refractivity contribution in [3.63, 3.8) is 0 Å². The van der Waals surface area contributed by atoms with Crippen LogP contribution in [0.4, 0.5) is 4.39 Å². The number of nitrogens with zero attached hydrogens (tertiary/aromatic N) is 1. The van der Waals surface area contributed by atoms with E-state index in [-0.39, 0.29) is 11.1 Å². The van der Waals surface area contributed by atoms with Crippen LogP contribution in [0.2, 0.25) is 0 Å². The Labute approximate surface area is 89.6 Å². The molecule has 0 aliphatic rings. The van der Waals surface area contributed by atoms with E-state index in [1.54, 1.807) is 0 Å². The quantitative estimate of drug-likeness (QED) is 0.791. The van der Waals surface area contributed by atoms with E-state index in [0.717, 1.165) is 12.1 Å². The fourth-order valence-electron chi connectivity index (χ4n) is 1.63. The number of hydrogen-bond donors (Lipinski definition) is 1. The lowest BCUT2D eigenvalue weighted by molar-refractivity contribution is 0.0686. The molecule has 0 spiro atoms. The molecule has 4 nitrogen and oxygen atoms in total. The van der Waals surface area contributed by atoms with E-state index >= 15 is 0 Å². The van der Waals surface area contributed by atoms with E-state index in [4.69, 9.17) is 5.11 Å². The standard InChI is InChI=1S/C11H8FNO3/c1-13-8-3-2-6(12)4-7(8)10(14)5-9(13)11(15)16/h2-5H,1H3,(H,15,16). The zero-order valence-electron chi connectivity index (χ0n) is 8.40. The number of aromatic carboxylic acids is 1. The largest absolute Gasteiger partial charge is 0.477 e. The summed E-state index contributed by atoms with van der Waals surface area (Å²) in [6.07, 6.45) is 0. The maximum absolute atomic E-state index is 12.9. The van der Waals surface area contributed by atoms with Gasteiger partial charge in [-0.25, -0.2) is 9.18 Å². The Balaban J connectivity index is 2.96. The predicted octanol–water partition coefficient (Wildman–Crippen LogP) is 1.38. The van der Waals surface area contributed by atoms with Gasteiger partial charge in [0.1, 0.15) is 11.5 Å². The molecule has 16 heavy (non-hydrogen) atoms. The normalized spacial score (nSPS) is 10.6. The van der Waals surface area contributed by atoms with Gasteiger partial charge in [0.2, 0.25) is 0 Å². The third-order valence-electron chi connectivity index (χ3n) is 2.43. The van der Waals surface area contributed by atoms with Gasteiger partial charge < -0.3 is 9.67 Å². The van der Waals surface area contributed by atoms with E-state index in [2.05, 4.69) is 0 Å². The van der Waals surface area contributed by atoms with Crippen molar-refractivity contribution in [3.8, 4) is 0 Å². The minimum atomic E-state index is -1.19. The number of carbonyl (C=O) groups is 1. The zero-order valence-corrected chi connectivity index (χ0v) is 8.40. The number of aromatic nitrogens is 1. The van der Waals surface area contributed by atoms with E-state index in [0.29, 0.717) is 5.52 Å². The van der Waals surface area contributed by atoms with Gasteiger partial charge in [0.25, 0.3) is 0 Å². The minimum absolute atomic E-state index is 0.121. The summed E-state index contributed by atoms with van der Waals surface area (Å²) < 4.78 is 14.3. The number of hydrogen-bond acceptors (Lipinski definition) is 2. The molecule has 5 heteroatoms. The molecular formula is C11H8FNO3. The molecule has 0 radical (unpaired) electrons. The van der Waals surface area contributed by atoms with Crippen molar-refractivity contribution in [1.82, 2.24) is 4.57 Å². The lowest BCUT2D eigenvalue weighted by Gasteiger charge is -2.08. The molecule has 0 saturated carbocycles. The third kappa shape index (κ3) is 1.46.